The molecular weight excluding hydrogens is 219 g/mol. The van der Waals surface area contributed by atoms with Gasteiger partial charge in [0.25, 0.3) is 0 Å². The number of thiophene rings is 1. The van der Waals surface area contributed by atoms with Gasteiger partial charge in [-0.25, -0.2) is 4.39 Å². The van der Waals surface area contributed by atoms with Gasteiger partial charge in [0.05, 0.1) is 0 Å². The molecule has 1 heterocycles. The molecule has 2 heteroatoms. The van der Waals surface area contributed by atoms with Crippen molar-refractivity contribution in [2.75, 3.05) is 0 Å². The van der Waals surface area contributed by atoms with Crippen molar-refractivity contribution in [1.82, 2.24) is 0 Å². The molecule has 3 aromatic rings. The van der Waals surface area contributed by atoms with Crippen LogP contribution < -0.4 is 0 Å². The Hall–Kier alpha value is -1.41. The fourth-order valence-corrected chi connectivity index (χ4v) is 3.05. The van der Waals surface area contributed by atoms with Gasteiger partial charge in [0.2, 0.25) is 0 Å². The highest BCUT2D eigenvalue weighted by Gasteiger charge is 2.09. The highest BCUT2D eigenvalue weighted by atomic mass is 32.1. The summed E-state index contributed by atoms with van der Waals surface area (Å²) in [4.78, 5) is 0. The minimum Gasteiger partial charge on any atom is -0.207 e. The summed E-state index contributed by atoms with van der Waals surface area (Å²) in [5.74, 6) is -0.313. The Morgan fingerprint density at radius 1 is 0.938 bits per heavy atom. The molecule has 0 aliphatic heterocycles. The van der Waals surface area contributed by atoms with E-state index in [9.17, 15) is 4.39 Å². The molecule has 1 aromatic heterocycles. The van der Waals surface area contributed by atoms with Gasteiger partial charge in [-0.1, -0.05) is 18.2 Å². The summed E-state index contributed by atoms with van der Waals surface area (Å²) in [6.07, 6.45) is 0. The maximum Gasteiger partial charge on any atom is 0.124 e. The van der Waals surface area contributed by atoms with Gasteiger partial charge in [0, 0.05) is 34.0 Å². The molecule has 2 aromatic carbocycles. The van der Waals surface area contributed by atoms with Gasteiger partial charge >= 0.3 is 0 Å². The zero-order chi connectivity index (χ0) is 11.3. The first-order valence-corrected chi connectivity index (χ1v) is 5.64. The molecule has 16 heavy (non-hydrogen) atoms. The molecular formula is C14H7FS. The Bertz CT molecular complexity index is 695. The average molecular weight is 226 g/mol. The van der Waals surface area contributed by atoms with Gasteiger partial charge < -0.3 is 0 Å². The first-order valence-electron chi connectivity index (χ1n) is 4.82. The molecule has 0 fully saturated rings. The number of halogens is 1. The lowest BCUT2D eigenvalue weighted by molar-refractivity contribution is 0.629. The van der Waals surface area contributed by atoms with Gasteiger partial charge in [0.1, 0.15) is 5.82 Å². The SMILES string of the molecule is [CH]c1cccc2c1sc1c([CH])cc(F)cc12. The molecule has 0 amide bonds. The Balaban J connectivity index is 2.61. The molecule has 0 N–H and O–H groups in total. The number of rotatable bonds is 0. The van der Waals surface area contributed by atoms with Gasteiger partial charge in [-0.05, 0) is 23.3 Å². The minimum atomic E-state index is -0.313. The van der Waals surface area contributed by atoms with E-state index in [2.05, 4.69) is 0 Å². The van der Waals surface area contributed by atoms with E-state index in [-0.39, 0.29) is 5.82 Å². The van der Waals surface area contributed by atoms with Crippen LogP contribution in [-0.2, 0) is 0 Å². The predicted molar refractivity (Wildman–Crippen MR) is 66.1 cm³/mol. The summed E-state index contributed by atoms with van der Waals surface area (Å²) >= 11 is 1.51. The first kappa shape index (κ1) is 9.79. The van der Waals surface area contributed by atoms with E-state index < -0.39 is 0 Å². The van der Waals surface area contributed by atoms with Gasteiger partial charge in [-0.15, -0.1) is 11.3 Å². The summed E-state index contributed by atoms with van der Waals surface area (Å²) in [6.45, 7) is 11.7. The monoisotopic (exact) mass is 226 g/mol. The Labute approximate surface area is 97.3 Å². The van der Waals surface area contributed by atoms with Crippen molar-refractivity contribution in [1.29, 1.82) is 0 Å². The van der Waals surface area contributed by atoms with E-state index in [1.807, 2.05) is 18.2 Å². The van der Waals surface area contributed by atoms with E-state index in [1.54, 1.807) is 0 Å². The van der Waals surface area contributed by atoms with Crippen LogP contribution >= 0.6 is 11.3 Å². The van der Waals surface area contributed by atoms with E-state index in [0.29, 0.717) is 11.1 Å². The fraction of sp³-hybridized carbons (Fsp3) is 0. The number of hydrogen-bond acceptors (Lipinski definition) is 1. The third-order valence-electron chi connectivity index (χ3n) is 2.62. The largest absolute Gasteiger partial charge is 0.207 e. The zero-order valence-corrected chi connectivity index (χ0v) is 9.14. The highest BCUT2D eigenvalue weighted by Crippen LogP contribution is 2.37. The third kappa shape index (κ3) is 1.26. The second kappa shape index (κ2) is 3.29. The summed E-state index contributed by atoms with van der Waals surface area (Å²) in [5, 5.41) is 1.80. The maximum absolute atomic E-state index is 13.3. The molecule has 0 unspecified atom stereocenters. The molecule has 0 saturated heterocycles. The molecule has 0 nitrogen and oxygen atoms in total. The van der Waals surface area contributed by atoms with Crippen molar-refractivity contribution in [3.05, 3.63) is 61.1 Å². The number of hydrogen-bond donors (Lipinski definition) is 0. The molecule has 0 spiro atoms. The summed E-state index contributed by atoms with van der Waals surface area (Å²) < 4.78 is 15.2. The Kier molecular flexibility index (Phi) is 2.01. The van der Waals surface area contributed by atoms with E-state index in [1.165, 1.54) is 23.5 Å². The second-order valence-electron chi connectivity index (χ2n) is 3.70. The normalized spacial score (nSPS) is 11.4. The molecule has 0 atom stereocenters. The Morgan fingerprint density at radius 3 is 2.50 bits per heavy atom. The van der Waals surface area contributed by atoms with Crippen molar-refractivity contribution < 1.29 is 4.39 Å². The van der Waals surface area contributed by atoms with Crippen LogP contribution in [0.4, 0.5) is 4.39 Å². The summed E-state index contributed by atoms with van der Waals surface area (Å²) in [7, 11) is 0. The number of benzene rings is 2. The van der Waals surface area contributed by atoms with Crippen LogP contribution in [0.2, 0.25) is 0 Å². The smallest absolute Gasteiger partial charge is 0.124 e. The highest BCUT2D eigenvalue weighted by molar-refractivity contribution is 7.26. The van der Waals surface area contributed by atoms with Gasteiger partial charge in [-0.2, -0.15) is 0 Å². The predicted octanol–water partition coefficient (Wildman–Crippen LogP) is 4.31. The topological polar surface area (TPSA) is 0 Å². The lowest BCUT2D eigenvalue weighted by atomic mass is 10.1. The molecule has 3 rings (SSSR count). The van der Waals surface area contributed by atoms with Gasteiger partial charge in [-0.3, -0.25) is 0 Å². The van der Waals surface area contributed by atoms with Crippen LogP contribution in [0, 0.1) is 19.7 Å². The van der Waals surface area contributed by atoms with Crippen LogP contribution in [0.1, 0.15) is 11.1 Å². The van der Waals surface area contributed by atoms with Gasteiger partial charge in [0.15, 0.2) is 0 Å². The minimum absolute atomic E-state index is 0.313. The van der Waals surface area contributed by atoms with Crippen molar-refractivity contribution in [3.63, 3.8) is 0 Å². The van der Waals surface area contributed by atoms with E-state index in [4.69, 9.17) is 13.8 Å². The summed E-state index contributed by atoms with van der Waals surface area (Å²) in [6, 6.07) is 8.48. The lowest BCUT2D eigenvalue weighted by Gasteiger charge is -1.96. The first-order chi connectivity index (χ1) is 7.66. The van der Waals surface area contributed by atoms with Crippen molar-refractivity contribution in [3.8, 4) is 0 Å². The Morgan fingerprint density at radius 2 is 1.69 bits per heavy atom. The standard InChI is InChI=1S/C14H7FS/c1-8-4-3-5-11-12-7-10(15)6-9(2)14(12)16-13(8)11/h1-7H. The zero-order valence-electron chi connectivity index (χ0n) is 8.33. The van der Waals surface area contributed by atoms with Crippen LogP contribution in [-0.4, -0.2) is 0 Å². The van der Waals surface area contributed by atoms with Crippen molar-refractivity contribution >= 4 is 31.5 Å². The van der Waals surface area contributed by atoms with E-state index >= 15 is 0 Å². The molecule has 4 radical (unpaired) electrons. The second-order valence-corrected chi connectivity index (χ2v) is 4.72. The quantitative estimate of drug-likeness (QED) is 0.535. The summed E-state index contributed by atoms with van der Waals surface area (Å²) in [5.41, 5.74) is 1.18. The lowest BCUT2D eigenvalue weighted by Crippen LogP contribution is -1.77. The van der Waals surface area contributed by atoms with Crippen molar-refractivity contribution in [2.24, 2.45) is 0 Å². The number of fused-ring (bicyclic) bond motifs is 3. The molecule has 0 bridgehead atoms. The van der Waals surface area contributed by atoms with Crippen LogP contribution in [0.15, 0.2) is 30.3 Å². The van der Waals surface area contributed by atoms with Crippen molar-refractivity contribution in [2.45, 2.75) is 0 Å². The van der Waals surface area contributed by atoms with E-state index in [0.717, 1.165) is 20.2 Å². The molecule has 0 aliphatic carbocycles. The third-order valence-corrected chi connectivity index (χ3v) is 3.94. The van der Waals surface area contributed by atoms with Crippen LogP contribution in [0.25, 0.3) is 20.2 Å². The fourth-order valence-electron chi connectivity index (χ4n) is 1.91. The average Bonchev–Trinajstić information content (AvgIpc) is 2.59. The van der Waals surface area contributed by atoms with Crippen LogP contribution in [0.5, 0.6) is 0 Å². The molecule has 0 saturated carbocycles. The maximum atomic E-state index is 13.3. The molecule has 76 valence electrons. The molecule has 0 aliphatic rings. The van der Waals surface area contributed by atoms with Crippen LogP contribution in [0.3, 0.4) is 0 Å².